The van der Waals surface area contributed by atoms with Gasteiger partial charge in [0.25, 0.3) is 0 Å². The van der Waals surface area contributed by atoms with Gasteiger partial charge < -0.3 is 5.73 Å². The molecule has 78 valence electrons. The fourth-order valence-electron chi connectivity index (χ4n) is 1.53. The van der Waals surface area contributed by atoms with Crippen LogP contribution in [0.4, 0.5) is 0 Å². The van der Waals surface area contributed by atoms with E-state index in [1.807, 2.05) is 12.1 Å². The molecule has 1 nitrogen and oxygen atoms in total. The van der Waals surface area contributed by atoms with Gasteiger partial charge in [0.15, 0.2) is 0 Å². The van der Waals surface area contributed by atoms with Crippen LogP contribution in [0, 0.1) is 0 Å². The zero-order valence-corrected chi connectivity index (χ0v) is 9.99. The van der Waals surface area contributed by atoms with Gasteiger partial charge in [-0.1, -0.05) is 43.1 Å². The van der Waals surface area contributed by atoms with Gasteiger partial charge >= 0.3 is 0 Å². The van der Waals surface area contributed by atoms with Gasteiger partial charge in [0.1, 0.15) is 0 Å². The van der Waals surface area contributed by atoms with Gasteiger partial charge in [-0.15, -0.1) is 0 Å². The van der Waals surface area contributed by atoms with Crippen LogP contribution in [-0.4, -0.2) is 0 Å². The van der Waals surface area contributed by atoms with Crippen molar-refractivity contribution in [3.05, 3.63) is 33.3 Å². The maximum absolute atomic E-state index is 6.11. The topological polar surface area (TPSA) is 26.0 Å². The van der Waals surface area contributed by atoms with Crippen LogP contribution < -0.4 is 5.73 Å². The molecule has 14 heavy (non-hydrogen) atoms. The van der Waals surface area contributed by atoms with Crippen molar-refractivity contribution >= 4 is 23.2 Å². The molecule has 1 atom stereocenters. The summed E-state index contributed by atoms with van der Waals surface area (Å²) in [6, 6.07) is 3.84. The summed E-state index contributed by atoms with van der Waals surface area (Å²) in [7, 11) is 0. The highest BCUT2D eigenvalue weighted by Gasteiger charge is 2.13. The van der Waals surface area contributed by atoms with E-state index in [2.05, 4.69) is 13.8 Å². The van der Waals surface area contributed by atoms with E-state index in [1.165, 1.54) is 0 Å². The second kappa shape index (κ2) is 5.01. The Balaban J connectivity index is 3.23. The molecule has 0 fully saturated rings. The smallest absolute Gasteiger partial charge is 0.0627 e. The first-order chi connectivity index (χ1) is 6.61. The lowest BCUT2D eigenvalue weighted by Crippen LogP contribution is -2.11. The van der Waals surface area contributed by atoms with Gasteiger partial charge in [-0.2, -0.15) is 0 Å². The normalized spacial score (nSPS) is 12.9. The molecule has 0 aliphatic carbocycles. The minimum Gasteiger partial charge on any atom is -0.324 e. The predicted molar refractivity (Wildman–Crippen MR) is 63.1 cm³/mol. The molecule has 0 aliphatic heterocycles. The number of hydrogen-bond donors (Lipinski definition) is 1. The van der Waals surface area contributed by atoms with Crippen molar-refractivity contribution in [1.82, 2.24) is 0 Å². The summed E-state index contributed by atoms with van der Waals surface area (Å²) in [5.74, 6) is 0. The minimum atomic E-state index is 0.0553. The van der Waals surface area contributed by atoms with Crippen LogP contribution in [0.25, 0.3) is 0 Å². The molecule has 1 unspecified atom stereocenters. The fourth-order valence-corrected chi connectivity index (χ4v) is 2.02. The van der Waals surface area contributed by atoms with Crippen molar-refractivity contribution in [3.63, 3.8) is 0 Å². The summed E-state index contributed by atoms with van der Waals surface area (Å²) in [4.78, 5) is 0. The highest BCUT2D eigenvalue weighted by atomic mass is 35.5. The number of rotatable bonds is 3. The van der Waals surface area contributed by atoms with Crippen molar-refractivity contribution in [2.24, 2.45) is 5.73 Å². The highest BCUT2D eigenvalue weighted by molar-refractivity contribution is 6.42. The molecule has 0 heterocycles. The fraction of sp³-hybridized carbons (Fsp3) is 0.455. The Kier molecular flexibility index (Phi) is 4.24. The van der Waals surface area contributed by atoms with Crippen molar-refractivity contribution in [2.75, 3.05) is 0 Å². The molecule has 0 spiro atoms. The van der Waals surface area contributed by atoms with E-state index in [0.717, 1.165) is 24.0 Å². The first-order valence-electron chi connectivity index (χ1n) is 4.84. The molecular weight excluding hydrogens is 217 g/mol. The van der Waals surface area contributed by atoms with E-state index in [1.54, 1.807) is 0 Å². The molecule has 1 aromatic rings. The van der Waals surface area contributed by atoms with Crippen LogP contribution in [0.3, 0.4) is 0 Å². The van der Waals surface area contributed by atoms with Crippen molar-refractivity contribution in [1.29, 1.82) is 0 Å². The molecule has 0 aliphatic rings. The molecular formula is C11H15Cl2N. The number of hydrogen-bond acceptors (Lipinski definition) is 1. The van der Waals surface area contributed by atoms with Crippen LogP contribution in [0.1, 0.15) is 37.4 Å². The molecule has 0 amide bonds. The van der Waals surface area contributed by atoms with Crippen LogP contribution in [0.5, 0.6) is 0 Å². The third-order valence-electron chi connectivity index (χ3n) is 2.43. The Morgan fingerprint density at radius 1 is 1.29 bits per heavy atom. The van der Waals surface area contributed by atoms with E-state index in [9.17, 15) is 0 Å². The minimum absolute atomic E-state index is 0.0553. The number of benzene rings is 1. The molecule has 0 saturated heterocycles. The summed E-state index contributed by atoms with van der Waals surface area (Å²) in [6.45, 7) is 4.12. The van der Waals surface area contributed by atoms with Gasteiger partial charge in [-0.3, -0.25) is 0 Å². The van der Waals surface area contributed by atoms with Crippen molar-refractivity contribution in [2.45, 2.75) is 32.7 Å². The average molecular weight is 232 g/mol. The molecule has 0 aromatic heterocycles. The van der Waals surface area contributed by atoms with E-state index in [4.69, 9.17) is 28.9 Å². The van der Waals surface area contributed by atoms with Crippen LogP contribution >= 0.6 is 23.2 Å². The lowest BCUT2D eigenvalue weighted by Gasteiger charge is -2.16. The summed E-state index contributed by atoms with van der Waals surface area (Å²) in [5.41, 5.74) is 8.18. The summed E-state index contributed by atoms with van der Waals surface area (Å²) in [6.07, 6.45) is 1.77. The molecule has 0 saturated carbocycles. The molecule has 0 radical (unpaired) electrons. The van der Waals surface area contributed by atoms with Gasteiger partial charge in [-0.25, -0.2) is 0 Å². The Labute approximate surface area is 95.2 Å². The maximum Gasteiger partial charge on any atom is 0.0627 e. The first-order valence-corrected chi connectivity index (χ1v) is 5.59. The molecule has 2 N–H and O–H groups in total. The van der Waals surface area contributed by atoms with Gasteiger partial charge in [0, 0.05) is 6.04 Å². The third kappa shape index (κ3) is 2.22. The maximum atomic E-state index is 6.11. The second-order valence-electron chi connectivity index (χ2n) is 3.30. The lowest BCUT2D eigenvalue weighted by atomic mass is 9.97. The first kappa shape index (κ1) is 11.8. The predicted octanol–water partition coefficient (Wildman–Crippen LogP) is 3.97. The Bertz CT molecular complexity index is 323. The average Bonchev–Trinajstić information content (AvgIpc) is 2.20. The third-order valence-corrected chi connectivity index (χ3v) is 3.27. The largest absolute Gasteiger partial charge is 0.324 e. The van der Waals surface area contributed by atoms with E-state index in [0.29, 0.717) is 10.0 Å². The Hall–Kier alpha value is -0.240. The van der Waals surface area contributed by atoms with Crippen LogP contribution in [0.2, 0.25) is 10.0 Å². The van der Waals surface area contributed by atoms with E-state index in [-0.39, 0.29) is 6.04 Å². The number of halogens is 2. The molecule has 0 bridgehead atoms. The zero-order chi connectivity index (χ0) is 10.7. The monoisotopic (exact) mass is 231 g/mol. The Morgan fingerprint density at radius 3 is 2.43 bits per heavy atom. The summed E-state index contributed by atoms with van der Waals surface area (Å²) in [5, 5.41) is 1.26. The van der Waals surface area contributed by atoms with Crippen LogP contribution in [-0.2, 0) is 6.42 Å². The van der Waals surface area contributed by atoms with E-state index < -0.39 is 0 Å². The van der Waals surface area contributed by atoms with Crippen molar-refractivity contribution < 1.29 is 0 Å². The van der Waals surface area contributed by atoms with E-state index >= 15 is 0 Å². The second-order valence-corrected chi connectivity index (χ2v) is 4.08. The highest BCUT2D eigenvalue weighted by Crippen LogP contribution is 2.32. The molecule has 1 rings (SSSR count). The van der Waals surface area contributed by atoms with Crippen molar-refractivity contribution in [3.8, 4) is 0 Å². The lowest BCUT2D eigenvalue weighted by molar-refractivity contribution is 0.690. The summed E-state index contributed by atoms with van der Waals surface area (Å²) < 4.78 is 0. The molecule has 3 heteroatoms. The summed E-state index contributed by atoms with van der Waals surface area (Å²) >= 11 is 12.1. The SMILES string of the molecule is CCc1c(C(N)CC)ccc(Cl)c1Cl. The van der Waals surface area contributed by atoms with Crippen LogP contribution in [0.15, 0.2) is 12.1 Å². The number of nitrogens with two attached hydrogens (primary N) is 1. The standard InChI is InChI=1S/C11H15Cl2N/c1-3-7-8(10(14)4-2)5-6-9(12)11(7)13/h5-6,10H,3-4,14H2,1-2H3. The van der Waals surface area contributed by atoms with Gasteiger partial charge in [0.2, 0.25) is 0 Å². The quantitative estimate of drug-likeness (QED) is 0.838. The van der Waals surface area contributed by atoms with Gasteiger partial charge in [0.05, 0.1) is 10.0 Å². The molecule has 1 aromatic carbocycles. The Morgan fingerprint density at radius 2 is 1.93 bits per heavy atom. The zero-order valence-electron chi connectivity index (χ0n) is 8.48. The van der Waals surface area contributed by atoms with Gasteiger partial charge in [-0.05, 0) is 30.0 Å².